The van der Waals surface area contributed by atoms with Crippen LogP contribution in [0.5, 0.6) is 0 Å². The second-order valence-corrected chi connectivity index (χ2v) is 22.3. The molecule has 9 heterocycles. The highest BCUT2D eigenvalue weighted by atomic mass is 127. The van der Waals surface area contributed by atoms with E-state index in [1.54, 1.807) is 20.8 Å². The summed E-state index contributed by atoms with van der Waals surface area (Å²) < 4.78 is 59.1. The third-order valence-electron chi connectivity index (χ3n) is 13.3. The number of nitrogens with zero attached hydrogens (tertiary/aromatic N) is 15. The number of unbranched alkanes of at least 4 members (excludes halogenated alkanes) is 3. The minimum atomic E-state index is -5.08. The molecular formula is C57H67F3IN23O7. The summed E-state index contributed by atoms with van der Waals surface area (Å²) in [4.78, 5) is 45.7. The number of carbonyl (C=O) groups is 2. The molecule has 12 rings (SSSR count). The number of aryl methyl sites for hydroxylation is 5. The van der Waals surface area contributed by atoms with Gasteiger partial charge < -0.3 is 63.5 Å². The summed E-state index contributed by atoms with van der Waals surface area (Å²) >= 11 is 2.15. The largest absolute Gasteiger partial charge is 0.490 e. The number of carboxylic acids is 1. The monoisotopic (exact) mass is 1370 g/mol. The van der Waals surface area contributed by atoms with Crippen molar-refractivity contribution in [2.75, 3.05) is 47.9 Å². The number of hydrogen-bond acceptors (Lipinski definition) is 25. The second-order valence-electron chi connectivity index (χ2n) is 21.2. The molecule has 0 bridgehead atoms. The average molecular weight is 1370 g/mol. The Hall–Kier alpha value is -9.94. The van der Waals surface area contributed by atoms with Gasteiger partial charge in [-0.1, -0.05) is 33.7 Å². The van der Waals surface area contributed by atoms with E-state index < -0.39 is 23.8 Å². The SMILES string of the molecule is Cc1ccc2c(NC(=O)OC(C)(C)C)noc2c1.Cc1noc2cc(-c3nn(CCCCN)c4ncnc(N)c34)ccc12.NCCCCn1nc(-c2ccc3c(N)noc3c2)c2c(N)ncnc21.NCCCCn1nc(I)c2c(N)ncnc21.O=C(O)C(F)(F)F. The maximum absolute atomic E-state index is 11.6. The van der Waals surface area contributed by atoms with Crippen molar-refractivity contribution in [1.82, 2.24) is 74.7 Å². The number of nitrogens with two attached hydrogens (primary N) is 7. The highest BCUT2D eigenvalue weighted by Crippen LogP contribution is 2.35. The van der Waals surface area contributed by atoms with E-state index >= 15 is 0 Å². The van der Waals surface area contributed by atoms with Crippen molar-refractivity contribution >= 4 is 130 Å². The molecule has 0 aliphatic rings. The average Bonchev–Trinajstić information content (AvgIpc) is 1.65. The number of ether oxygens (including phenoxy) is 1. The molecular weight excluding hydrogens is 1300 g/mol. The molecule has 0 aliphatic carbocycles. The van der Waals surface area contributed by atoms with Gasteiger partial charge >= 0.3 is 18.2 Å². The Balaban J connectivity index is 0.000000153. The molecule has 0 aliphatic heterocycles. The Morgan fingerprint density at radius 1 is 0.571 bits per heavy atom. The lowest BCUT2D eigenvalue weighted by atomic mass is 10.1. The van der Waals surface area contributed by atoms with Crippen LogP contribution in [-0.2, 0) is 29.2 Å². The van der Waals surface area contributed by atoms with Crippen LogP contribution in [-0.4, -0.2) is 123 Å². The fourth-order valence-electron chi connectivity index (χ4n) is 8.99. The van der Waals surface area contributed by atoms with Gasteiger partial charge in [0.2, 0.25) is 0 Å². The quantitative estimate of drug-likeness (QED) is 0.0342. The summed E-state index contributed by atoms with van der Waals surface area (Å²) in [6, 6.07) is 17.2. The number of aliphatic carboxylic acids is 1. The predicted molar refractivity (Wildman–Crippen MR) is 344 cm³/mol. The van der Waals surface area contributed by atoms with Crippen molar-refractivity contribution in [1.29, 1.82) is 0 Å². The summed E-state index contributed by atoms with van der Waals surface area (Å²) in [5.74, 6) is -0.728. The molecule has 30 nitrogen and oxygen atoms in total. The molecule has 9 aromatic heterocycles. The Morgan fingerprint density at radius 2 is 1.00 bits per heavy atom. The van der Waals surface area contributed by atoms with Crippen molar-refractivity contribution in [2.45, 2.75) is 105 Å². The number of halogens is 4. The van der Waals surface area contributed by atoms with E-state index in [1.807, 2.05) is 82.5 Å². The normalized spacial score (nSPS) is 11.5. The van der Waals surface area contributed by atoms with E-state index in [0.717, 1.165) is 133 Å². The third-order valence-corrected chi connectivity index (χ3v) is 14.0. The van der Waals surface area contributed by atoms with Gasteiger partial charge in [0.15, 0.2) is 45.3 Å². The van der Waals surface area contributed by atoms with Crippen molar-refractivity contribution in [3.8, 4) is 22.5 Å². The molecule has 0 spiro atoms. The fraction of sp³-hybridized carbons (Fsp3) is 0.333. The van der Waals surface area contributed by atoms with Crippen LogP contribution in [0.2, 0.25) is 0 Å². The number of aromatic nitrogens is 15. The lowest BCUT2D eigenvalue weighted by Crippen LogP contribution is -2.27. The number of hydrogen-bond donors (Lipinski definition) is 9. The first kappa shape index (κ1) is 67.0. The fourth-order valence-corrected chi connectivity index (χ4v) is 9.77. The van der Waals surface area contributed by atoms with Crippen molar-refractivity contribution < 1.29 is 46.2 Å². The van der Waals surface area contributed by atoms with Gasteiger partial charge in [-0.3, -0.25) is 5.32 Å². The summed E-state index contributed by atoms with van der Waals surface area (Å²) in [5.41, 5.74) is 49.2. The van der Waals surface area contributed by atoms with Crippen molar-refractivity contribution in [2.24, 2.45) is 17.2 Å². The number of nitrogen functional groups attached to an aromatic ring is 4. The number of alkyl halides is 3. The van der Waals surface area contributed by atoms with Crippen LogP contribution in [0.15, 0.2) is 87.1 Å². The smallest absolute Gasteiger partial charge is 0.475 e. The second kappa shape index (κ2) is 29.6. The number of carbonyl (C=O) groups excluding carboxylic acids is 1. The first-order chi connectivity index (χ1) is 43.4. The Morgan fingerprint density at radius 3 is 1.49 bits per heavy atom. The van der Waals surface area contributed by atoms with Crippen LogP contribution in [0.3, 0.4) is 0 Å². The minimum Gasteiger partial charge on any atom is -0.475 e. The first-order valence-electron chi connectivity index (χ1n) is 28.3. The summed E-state index contributed by atoms with van der Waals surface area (Å²) in [6.45, 7) is 13.5. The van der Waals surface area contributed by atoms with Gasteiger partial charge in [0.25, 0.3) is 0 Å². The first-order valence-corrected chi connectivity index (χ1v) is 29.3. The number of benzene rings is 3. The number of fused-ring (bicyclic) bond motifs is 6. The van der Waals surface area contributed by atoms with Crippen molar-refractivity contribution in [3.05, 3.63) is 88.5 Å². The van der Waals surface area contributed by atoms with Crippen LogP contribution in [0.25, 0.3) is 88.5 Å². The van der Waals surface area contributed by atoms with E-state index in [-0.39, 0.29) is 0 Å². The summed E-state index contributed by atoms with van der Waals surface area (Å²) in [5, 5.41) is 40.0. The highest BCUT2D eigenvalue weighted by molar-refractivity contribution is 14.1. The zero-order valence-electron chi connectivity index (χ0n) is 50.1. The van der Waals surface area contributed by atoms with E-state index in [0.29, 0.717) is 77.8 Å². The van der Waals surface area contributed by atoms with E-state index in [4.69, 9.17) is 78.5 Å². The van der Waals surface area contributed by atoms with Gasteiger partial charge in [-0.25, -0.2) is 53.5 Å². The van der Waals surface area contributed by atoms with Crippen LogP contribution in [0, 0.1) is 17.5 Å². The van der Waals surface area contributed by atoms with Gasteiger partial charge in [-0.15, -0.1) is 0 Å². The molecule has 34 heteroatoms. The zero-order valence-corrected chi connectivity index (χ0v) is 52.2. The molecule has 0 unspecified atom stereocenters. The zero-order chi connectivity index (χ0) is 65.7. The number of nitrogens with one attached hydrogen (secondary N) is 1. The number of carboxylic acid groups (broad SMARTS) is 1. The third kappa shape index (κ3) is 16.5. The van der Waals surface area contributed by atoms with Gasteiger partial charge in [0.1, 0.15) is 57.1 Å². The van der Waals surface area contributed by atoms with E-state index in [9.17, 15) is 18.0 Å². The minimum absolute atomic E-state index is 0.363. The molecule has 480 valence electrons. The molecule has 91 heavy (non-hydrogen) atoms. The Labute approximate surface area is 528 Å². The topological polar surface area (TPSA) is 467 Å². The molecule has 16 N–H and O–H groups in total. The van der Waals surface area contributed by atoms with Crippen molar-refractivity contribution in [3.63, 3.8) is 0 Å². The van der Waals surface area contributed by atoms with Crippen LogP contribution < -0.4 is 45.5 Å². The molecule has 3 aromatic carbocycles. The number of rotatable bonds is 15. The Bertz CT molecular complexity index is 4310. The molecule has 0 saturated carbocycles. The maximum Gasteiger partial charge on any atom is 0.490 e. The predicted octanol–water partition coefficient (Wildman–Crippen LogP) is 8.67. The summed E-state index contributed by atoms with van der Waals surface area (Å²) in [6.07, 6.45) is 4.42. The van der Waals surface area contributed by atoms with Gasteiger partial charge in [-0.05, 0) is 157 Å². The van der Waals surface area contributed by atoms with Gasteiger partial charge in [0.05, 0.1) is 32.6 Å². The molecule has 0 saturated heterocycles. The van der Waals surface area contributed by atoms with Crippen LogP contribution in [0.1, 0.15) is 70.6 Å². The number of amides is 1. The maximum atomic E-state index is 11.6. The lowest BCUT2D eigenvalue weighted by molar-refractivity contribution is -0.192. The van der Waals surface area contributed by atoms with Crippen LogP contribution in [0.4, 0.5) is 47.1 Å². The molecule has 0 fully saturated rings. The standard InChI is InChI=1S/C17H19N7O.C16H18N8O.C13H16N2O3.C9H13IN6.C2HF3O2/c1-10-12-5-4-11(8-13(12)25-23-10)15-14-16(19)20-9-21-17(14)24(22-15)7-3-2-6-18;17-5-1-2-6-24-16-12(15(19)20-8-21-16)13(22-24)9-3-4-10-11(7-9)25-23-14(10)18;1-8-5-6-9-10(7-8)18-15-11(9)14-12(16)17-13(2,3)4;10-7-6-8(12)13-5-14-9(6)16(15-7)4-2-1-3-11;3-2(4,5)1(6)7/h4-5,8-9H,2-3,6-7,18H2,1H3,(H2,19,20,21);3-4,7-8H,1-2,5-6,17H2,(H2,18,23)(H2,19,20,21);5-7H,1-4H3,(H,14,15,16);5H,1-4,11H2,(H2,12,13,14);(H,6,7). The van der Waals surface area contributed by atoms with E-state index in [1.165, 1.54) is 19.0 Å². The van der Waals surface area contributed by atoms with Gasteiger partial charge in [-0.2, -0.15) is 28.5 Å². The highest BCUT2D eigenvalue weighted by Gasteiger charge is 2.38. The van der Waals surface area contributed by atoms with Gasteiger partial charge in [0, 0.05) is 36.1 Å². The van der Waals surface area contributed by atoms with Crippen LogP contribution >= 0.6 is 22.6 Å². The molecule has 1 amide bonds. The summed E-state index contributed by atoms with van der Waals surface area (Å²) in [7, 11) is 0. The molecule has 12 aromatic rings. The Kier molecular flexibility index (Phi) is 21.8. The number of anilines is 5. The molecule has 0 radical (unpaired) electrons. The van der Waals surface area contributed by atoms with E-state index in [2.05, 4.69) is 78.4 Å². The molecule has 0 atom stereocenters. The lowest BCUT2D eigenvalue weighted by Gasteiger charge is -2.18.